The zero-order valence-electron chi connectivity index (χ0n) is 15.9. The maximum atomic E-state index is 12.5. The zero-order valence-corrected chi connectivity index (χ0v) is 15.9. The molecule has 2 atom stereocenters. The molecule has 1 saturated carbocycles. The number of esters is 1. The Bertz CT molecular complexity index is 924. The van der Waals surface area contributed by atoms with E-state index in [1.54, 1.807) is 24.3 Å². The van der Waals surface area contributed by atoms with E-state index >= 15 is 0 Å². The zero-order chi connectivity index (χ0) is 20.1. The van der Waals surface area contributed by atoms with Gasteiger partial charge < -0.3 is 15.2 Å². The number of hydrogen-bond acceptors (Lipinski definition) is 6. The van der Waals surface area contributed by atoms with Crippen molar-refractivity contribution in [3.63, 3.8) is 0 Å². The molecule has 1 aliphatic carbocycles. The quantitative estimate of drug-likeness (QED) is 0.722. The molecule has 1 aromatic carbocycles. The SMILES string of the molecule is C[C@@H]1CCCC[C@H]1NC(=O)COC(=O)c1nn(CCO)c(=O)c2ccccc12. The molecule has 1 fully saturated rings. The molecule has 0 unspecified atom stereocenters. The van der Waals surface area contributed by atoms with Gasteiger partial charge in [0.25, 0.3) is 11.5 Å². The van der Waals surface area contributed by atoms with Crippen molar-refractivity contribution in [2.75, 3.05) is 13.2 Å². The number of ether oxygens (including phenoxy) is 1. The molecule has 1 aromatic heterocycles. The van der Waals surface area contributed by atoms with E-state index < -0.39 is 18.1 Å². The lowest BCUT2D eigenvalue weighted by Crippen LogP contribution is -2.43. The van der Waals surface area contributed by atoms with Gasteiger partial charge in [-0.15, -0.1) is 0 Å². The minimum atomic E-state index is -0.783. The molecule has 1 aliphatic rings. The number of aliphatic hydroxyl groups excluding tert-OH is 1. The van der Waals surface area contributed by atoms with Crippen LogP contribution in [0.25, 0.3) is 10.8 Å². The topological polar surface area (TPSA) is 111 Å². The van der Waals surface area contributed by atoms with Crippen LogP contribution in [-0.2, 0) is 16.1 Å². The average molecular weight is 387 g/mol. The minimum absolute atomic E-state index is 0.0377. The monoisotopic (exact) mass is 387 g/mol. The summed E-state index contributed by atoms with van der Waals surface area (Å²) in [6.45, 7) is 1.37. The number of carbonyl (C=O) groups excluding carboxylic acids is 2. The van der Waals surface area contributed by atoms with Gasteiger partial charge in [-0.2, -0.15) is 5.10 Å². The number of benzene rings is 1. The maximum Gasteiger partial charge on any atom is 0.359 e. The van der Waals surface area contributed by atoms with Crippen LogP contribution >= 0.6 is 0 Å². The molecule has 28 heavy (non-hydrogen) atoms. The highest BCUT2D eigenvalue weighted by Gasteiger charge is 2.24. The number of aliphatic hydroxyl groups is 1. The molecule has 1 heterocycles. The number of fused-ring (bicyclic) bond motifs is 1. The van der Waals surface area contributed by atoms with Crippen molar-refractivity contribution in [3.05, 3.63) is 40.3 Å². The van der Waals surface area contributed by atoms with E-state index in [0.29, 0.717) is 16.7 Å². The Morgan fingerprint density at radius 3 is 2.68 bits per heavy atom. The highest BCUT2D eigenvalue weighted by molar-refractivity contribution is 6.02. The van der Waals surface area contributed by atoms with Crippen molar-refractivity contribution in [2.45, 2.75) is 45.2 Å². The number of aromatic nitrogens is 2. The van der Waals surface area contributed by atoms with Gasteiger partial charge in [0.15, 0.2) is 12.3 Å². The minimum Gasteiger partial charge on any atom is -0.451 e. The largest absolute Gasteiger partial charge is 0.451 e. The van der Waals surface area contributed by atoms with E-state index in [9.17, 15) is 14.4 Å². The lowest BCUT2D eigenvalue weighted by Gasteiger charge is -2.29. The summed E-state index contributed by atoms with van der Waals surface area (Å²) in [6.07, 6.45) is 4.26. The van der Waals surface area contributed by atoms with E-state index in [-0.39, 0.29) is 30.8 Å². The highest BCUT2D eigenvalue weighted by Crippen LogP contribution is 2.23. The molecule has 0 bridgehead atoms. The van der Waals surface area contributed by atoms with Crippen molar-refractivity contribution in [2.24, 2.45) is 5.92 Å². The Morgan fingerprint density at radius 1 is 1.25 bits per heavy atom. The van der Waals surface area contributed by atoms with Crippen LogP contribution in [0.1, 0.15) is 43.1 Å². The number of rotatable bonds is 6. The third-order valence-electron chi connectivity index (χ3n) is 5.17. The van der Waals surface area contributed by atoms with Gasteiger partial charge in [-0.3, -0.25) is 9.59 Å². The standard InChI is InChI=1S/C20H25N3O5/c1-13-6-2-5-9-16(13)21-17(25)12-28-20(27)18-14-7-3-4-8-15(14)19(26)23(22-18)10-11-24/h3-4,7-8,13,16,24H,2,5-6,9-12H2,1H3,(H,21,25)/t13-,16-/m1/s1. The van der Waals surface area contributed by atoms with Gasteiger partial charge in [0, 0.05) is 11.4 Å². The number of hydrogen-bond donors (Lipinski definition) is 2. The Hall–Kier alpha value is -2.74. The summed E-state index contributed by atoms with van der Waals surface area (Å²) in [4.78, 5) is 37.1. The molecule has 0 spiro atoms. The van der Waals surface area contributed by atoms with E-state index in [0.717, 1.165) is 23.9 Å². The fourth-order valence-corrected chi connectivity index (χ4v) is 3.61. The first-order chi connectivity index (χ1) is 13.5. The van der Waals surface area contributed by atoms with Gasteiger partial charge in [-0.25, -0.2) is 9.48 Å². The first-order valence-electron chi connectivity index (χ1n) is 9.58. The van der Waals surface area contributed by atoms with Crippen LogP contribution in [-0.4, -0.2) is 46.0 Å². The predicted molar refractivity (Wildman–Crippen MR) is 103 cm³/mol. The molecular formula is C20H25N3O5. The summed E-state index contributed by atoms with van der Waals surface area (Å²) in [7, 11) is 0. The third-order valence-corrected chi connectivity index (χ3v) is 5.17. The number of nitrogens with one attached hydrogen (secondary N) is 1. The van der Waals surface area contributed by atoms with Gasteiger partial charge >= 0.3 is 5.97 Å². The third kappa shape index (κ3) is 4.39. The predicted octanol–water partition coefficient (Wildman–Crippen LogP) is 1.24. The second kappa shape index (κ2) is 8.97. The van der Waals surface area contributed by atoms with Gasteiger partial charge in [-0.1, -0.05) is 38.0 Å². The van der Waals surface area contributed by atoms with E-state index in [1.807, 2.05) is 0 Å². The molecule has 0 radical (unpaired) electrons. The summed E-state index contributed by atoms with van der Waals surface area (Å²) in [5, 5.41) is 16.8. The maximum absolute atomic E-state index is 12.5. The molecule has 8 heteroatoms. The van der Waals surface area contributed by atoms with Crippen molar-refractivity contribution in [3.8, 4) is 0 Å². The second-order valence-electron chi connectivity index (χ2n) is 7.16. The summed E-state index contributed by atoms with van der Waals surface area (Å²) in [5.41, 5.74) is -0.451. The number of carbonyl (C=O) groups is 2. The van der Waals surface area contributed by atoms with E-state index in [4.69, 9.17) is 9.84 Å². The van der Waals surface area contributed by atoms with Crippen LogP contribution in [0.4, 0.5) is 0 Å². The summed E-state index contributed by atoms with van der Waals surface area (Å²) in [6, 6.07) is 6.66. The van der Waals surface area contributed by atoms with Gasteiger partial charge in [-0.05, 0) is 24.8 Å². The van der Waals surface area contributed by atoms with E-state index in [2.05, 4.69) is 17.3 Å². The molecule has 150 valence electrons. The smallest absolute Gasteiger partial charge is 0.359 e. The number of amides is 1. The number of nitrogens with zero attached hydrogens (tertiary/aromatic N) is 2. The first-order valence-corrected chi connectivity index (χ1v) is 9.58. The lowest BCUT2D eigenvalue weighted by atomic mass is 9.86. The van der Waals surface area contributed by atoms with Crippen LogP contribution < -0.4 is 10.9 Å². The molecule has 2 N–H and O–H groups in total. The Kier molecular flexibility index (Phi) is 6.41. The molecule has 8 nitrogen and oxygen atoms in total. The Morgan fingerprint density at radius 2 is 1.96 bits per heavy atom. The Balaban J connectivity index is 1.73. The van der Waals surface area contributed by atoms with Gasteiger partial charge in [0.1, 0.15) is 0 Å². The van der Waals surface area contributed by atoms with Crippen molar-refractivity contribution in [1.29, 1.82) is 0 Å². The van der Waals surface area contributed by atoms with Crippen LogP contribution in [0.5, 0.6) is 0 Å². The normalized spacial score (nSPS) is 19.4. The van der Waals surface area contributed by atoms with E-state index in [1.165, 1.54) is 6.42 Å². The van der Waals surface area contributed by atoms with Gasteiger partial charge in [0.05, 0.1) is 18.5 Å². The van der Waals surface area contributed by atoms with Crippen molar-refractivity contribution >= 4 is 22.6 Å². The van der Waals surface area contributed by atoms with Crippen molar-refractivity contribution in [1.82, 2.24) is 15.1 Å². The van der Waals surface area contributed by atoms with Crippen molar-refractivity contribution < 1.29 is 19.4 Å². The van der Waals surface area contributed by atoms with Crippen LogP contribution in [0, 0.1) is 5.92 Å². The molecule has 3 rings (SSSR count). The lowest BCUT2D eigenvalue weighted by molar-refractivity contribution is -0.125. The van der Waals surface area contributed by atoms with Crippen LogP contribution in [0.2, 0.25) is 0 Å². The summed E-state index contributed by atoms with van der Waals surface area (Å²) in [5.74, 6) is -0.726. The fraction of sp³-hybridized carbons (Fsp3) is 0.500. The van der Waals surface area contributed by atoms with Gasteiger partial charge in [0.2, 0.25) is 0 Å². The molecule has 0 aliphatic heterocycles. The molecule has 2 aromatic rings. The van der Waals surface area contributed by atoms with Crippen LogP contribution in [0.3, 0.4) is 0 Å². The average Bonchev–Trinajstić information content (AvgIpc) is 2.70. The summed E-state index contributed by atoms with van der Waals surface area (Å²) >= 11 is 0. The first kappa shape index (κ1) is 20.0. The van der Waals surface area contributed by atoms with Crippen LogP contribution in [0.15, 0.2) is 29.1 Å². The molecular weight excluding hydrogens is 362 g/mol. The Labute approximate surface area is 162 Å². The highest BCUT2D eigenvalue weighted by atomic mass is 16.5. The fourth-order valence-electron chi connectivity index (χ4n) is 3.61. The molecule has 1 amide bonds. The molecule has 0 saturated heterocycles. The second-order valence-corrected chi connectivity index (χ2v) is 7.16. The summed E-state index contributed by atoms with van der Waals surface area (Å²) < 4.78 is 6.19.